The van der Waals surface area contributed by atoms with E-state index in [9.17, 15) is 4.79 Å². The summed E-state index contributed by atoms with van der Waals surface area (Å²) < 4.78 is 5.60. The van der Waals surface area contributed by atoms with Crippen molar-refractivity contribution in [1.82, 2.24) is 0 Å². The Labute approximate surface area is 93.7 Å². The van der Waals surface area contributed by atoms with Gasteiger partial charge in [0.2, 0.25) is 0 Å². The maximum absolute atomic E-state index is 10.5. The number of aliphatic carboxylic acids is 1. The van der Waals surface area contributed by atoms with Crippen LogP contribution < -0.4 is 0 Å². The molecule has 1 N–H and O–H groups in total. The summed E-state index contributed by atoms with van der Waals surface area (Å²) in [6.07, 6.45) is 0.703. The molecule has 1 aromatic carbocycles. The average Bonchev–Trinajstić information content (AvgIpc) is 2.52. The van der Waals surface area contributed by atoms with Crippen molar-refractivity contribution in [2.45, 2.75) is 26.7 Å². The van der Waals surface area contributed by atoms with Gasteiger partial charge in [-0.25, -0.2) is 0 Å². The lowest BCUT2D eigenvalue weighted by Crippen LogP contribution is -1.97. The van der Waals surface area contributed by atoms with Gasteiger partial charge in [-0.1, -0.05) is 12.1 Å². The molecule has 0 bridgehead atoms. The van der Waals surface area contributed by atoms with Crippen molar-refractivity contribution in [2.75, 3.05) is 0 Å². The van der Waals surface area contributed by atoms with Gasteiger partial charge in [-0.05, 0) is 37.5 Å². The lowest BCUT2D eigenvalue weighted by atomic mass is 10.1. The summed E-state index contributed by atoms with van der Waals surface area (Å²) in [7, 11) is 0. The van der Waals surface area contributed by atoms with Gasteiger partial charge in [0.15, 0.2) is 0 Å². The van der Waals surface area contributed by atoms with Crippen molar-refractivity contribution >= 4 is 16.9 Å². The Morgan fingerprint density at radius 3 is 2.81 bits per heavy atom. The molecule has 0 unspecified atom stereocenters. The van der Waals surface area contributed by atoms with Crippen LogP contribution in [0.1, 0.15) is 23.3 Å². The molecule has 16 heavy (non-hydrogen) atoms. The summed E-state index contributed by atoms with van der Waals surface area (Å²) in [6.45, 7) is 3.96. The average molecular weight is 218 g/mol. The molecular weight excluding hydrogens is 204 g/mol. The maximum atomic E-state index is 10.5. The van der Waals surface area contributed by atoms with E-state index in [-0.39, 0.29) is 6.42 Å². The second-order valence-corrected chi connectivity index (χ2v) is 4.01. The second-order valence-electron chi connectivity index (χ2n) is 4.01. The number of carbonyl (C=O) groups is 1. The van der Waals surface area contributed by atoms with Crippen LogP contribution in [0.25, 0.3) is 11.0 Å². The van der Waals surface area contributed by atoms with Crippen LogP contribution in [0.3, 0.4) is 0 Å². The lowest BCUT2D eigenvalue weighted by molar-refractivity contribution is -0.136. The van der Waals surface area contributed by atoms with E-state index in [1.54, 1.807) is 0 Å². The first-order valence-corrected chi connectivity index (χ1v) is 5.28. The first-order chi connectivity index (χ1) is 7.58. The van der Waals surface area contributed by atoms with Gasteiger partial charge in [0.05, 0.1) is 0 Å². The molecule has 0 aliphatic rings. The van der Waals surface area contributed by atoms with Crippen LogP contribution in [-0.2, 0) is 11.2 Å². The van der Waals surface area contributed by atoms with E-state index in [2.05, 4.69) is 0 Å². The Morgan fingerprint density at radius 1 is 1.38 bits per heavy atom. The minimum Gasteiger partial charge on any atom is -0.481 e. The number of fused-ring (bicyclic) bond motifs is 1. The predicted octanol–water partition coefficient (Wildman–Crippen LogP) is 3.07. The smallest absolute Gasteiger partial charge is 0.303 e. The first-order valence-electron chi connectivity index (χ1n) is 5.28. The molecule has 2 aromatic rings. The number of benzene rings is 1. The molecule has 3 nitrogen and oxygen atoms in total. The highest BCUT2D eigenvalue weighted by Gasteiger charge is 2.07. The molecule has 1 aromatic heterocycles. The highest BCUT2D eigenvalue weighted by molar-refractivity contribution is 5.82. The standard InChI is InChI=1S/C13H14O3/c1-8-9(2)16-12-7-10(3-5-11(8)12)4-6-13(14)15/h3,5,7H,4,6H2,1-2H3,(H,14,15). The van der Waals surface area contributed by atoms with Crippen LogP contribution in [0, 0.1) is 13.8 Å². The van der Waals surface area contributed by atoms with Crippen molar-refractivity contribution in [3.8, 4) is 0 Å². The fourth-order valence-corrected chi connectivity index (χ4v) is 1.80. The van der Waals surface area contributed by atoms with Gasteiger partial charge >= 0.3 is 5.97 Å². The summed E-state index contributed by atoms with van der Waals surface area (Å²) in [4.78, 5) is 10.5. The number of hydrogen-bond acceptors (Lipinski definition) is 2. The quantitative estimate of drug-likeness (QED) is 0.861. The Hall–Kier alpha value is -1.77. The van der Waals surface area contributed by atoms with E-state index in [0.717, 1.165) is 27.9 Å². The summed E-state index contributed by atoms with van der Waals surface area (Å²) in [5, 5.41) is 9.72. The molecule has 0 aliphatic heterocycles. The third-order valence-electron chi connectivity index (χ3n) is 2.87. The van der Waals surface area contributed by atoms with Gasteiger partial charge in [0.25, 0.3) is 0 Å². The summed E-state index contributed by atoms with van der Waals surface area (Å²) >= 11 is 0. The van der Waals surface area contributed by atoms with E-state index in [4.69, 9.17) is 9.52 Å². The second kappa shape index (κ2) is 4.00. The Kier molecular flexibility index (Phi) is 2.69. The number of rotatable bonds is 3. The molecule has 3 heteroatoms. The molecule has 0 spiro atoms. The maximum Gasteiger partial charge on any atom is 0.303 e. The Bertz CT molecular complexity index is 537. The van der Waals surface area contributed by atoms with Crippen LogP contribution in [0.15, 0.2) is 22.6 Å². The zero-order chi connectivity index (χ0) is 11.7. The fraction of sp³-hybridized carbons (Fsp3) is 0.308. The molecule has 0 saturated carbocycles. The molecule has 0 amide bonds. The third kappa shape index (κ3) is 1.94. The van der Waals surface area contributed by atoms with Gasteiger partial charge in [-0.2, -0.15) is 0 Å². The SMILES string of the molecule is Cc1oc2cc(CCC(=O)O)ccc2c1C. The zero-order valence-corrected chi connectivity index (χ0v) is 9.41. The first kappa shape index (κ1) is 10.7. The third-order valence-corrected chi connectivity index (χ3v) is 2.87. The van der Waals surface area contributed by atoms with Gasteiger partial charge in [0, 0.05) is 11.8 Å². The summed E-state index contributed by atoms with van der Waals surface area (Å²) in [6, 6.07) is 5.89. The number of carboxylic acid groups (broad SMARTS) is 1. The van der Waals surface area contributed by atoms with E-state index in [1.807, 2.05) is 32.0 Å². The number of hydrogen-bond donors (Lipinski definition) is 1. The highest BCUT2D eigenvalue weighted by atomic mass is 16.4. The number of carboxylic acids is 1. The number of furan rings is 1. The molecule has 0 fully saturated rings. The molecular formula is C13H14O3. The molecule has 0 saturated heterocycles. The molecule has 0 radical (unpaired) electrons. The van der Waals surface area contributed by atoms with E-state index in [0.29, 0.717) is 6.42 Å². The van der Waals surface area contributed by atoms with Gasteiger partial charge < -0.3 is 9.52 Å². The van der Waals surface area contributed by atoms with Crippen LogP contribution in [0.4, 0.5) is 0 Å². The largest absolute Gasteiger partial charge is 0.481 e. The predicted molar refractivity (Wildman–Crippen MR) is 61.6 cm³/mol. The van der Waals surface area contributed by atoms with Gasteiger partial charge in [0.1, 0.15) is 11.3 Å². The molecule has 84 valence electrons. The summed E-state index contributed by atoms with van der Waals surface area (Å²) in [5.41, 5.74) is 3.00. The fourth-order valence-electron chi connectivity index (χ4n) is 1.80. The van der Waals surface area contributed by atoms with E-state index >= 15 is 0 Å². The topological polar surface area (TPSA) is 50.4 Å². The van der Waals surface area contributed by atoms with Crippen molar-refractivity contribution in [1.29, 1.82) is 0 Å². The van der Waals surface area contributed by atoms with Crippen molar-refractivity contribution < 1.29 is 14.3 Å². The minimum atomic E-state index is -0.771. The van der Waals surface area contributed by atoms with Crippen LogP contribution in [-0.4, -0.2) is 11.1 Å². The summed E-state index contributed by atoms with van der Waals surface area (Å²) in [5.74, 6) is 0.150. The highest BCUT2D eigenvalue weighted by Crippen LogP contribution is 2.25. The number of aryl methyl sites for hydroxylation is 3. The Balaban J connectivity index is 2.33. The van der Waals surface area contributed by atoms with Gasteiger partial charge in [-0.15, -0.1) is 0 Å². The van der Waals surface area contributed by atoms with Crippen LogP contribution >= 0.6 is 0 Å². The molecule has 0 aliphatic carbocycles. The van der Waals surface area contributed by atoms with E-state index in [1.165, 1.54) is 0 Å². The van der Waals surface area contributed by atoms with Crippen molar-refractivity contribution in [3.63, 3.8) is 0 Å². The minimum absolute atomic E-state index is 0.157. The van der Waals surface area contributed by atoms with Crippen LogP contribution in [0.5, 0.6) is 0 Å². The van der Waals surface area contributed by atoms with Crippen molar-refractivity contribution in [2.24, 2.45) is 0 Å². The normalized spacial score (nSPS) is 10.9. The Morgan fingerprint density at radius 2 is 2.12 bits per heavy atom. The molecule has 0 atom stereocenters. The van der Waals surface area contributed by atoms with Gasteiger partial charge in [-0.3, -0.25) is 4.79 Å². The van der Waals surface area contributed by atoms with Crippen LogP contribution in [0.2, 0.25) is 0 Å². The van der Waals surface area contributed by atoms with E-state index < -0.39 is 5.97 Å². The lowest BCUT2D eigenvalue weighted by Gasteiger charge is -1.98. The molecule has 1 heterocycles. The monoisotopic (exact) mass is 218 g/mol. The molecule has 2 rings (SSSR count). The zero-order valence-electron chi connectivity index (χ0n) is 9.41. The van der Waals surface area contributed by atoms with Crippen molar-refractivity contribution in [3.05, 3.63) is 35.1 Å².